The van der Waals surface area contributed by atoms with Crippen LogP contribution in [0.25, 0.3) is 0 Å². The van der Waals surface area contributed by atoms with E-state index in [1.165, 1.54) is 32.1 Å². The Morgan fingerprint density at radius 1 is 1.17 bits per heavy atom. The quantitative estimate of drug-likeness (QED) is 0.792. The molecule has 0 aliphatic heterocycles. The van der Waals surface area contributed by atoms with Gasteiger partial charge in [-0.2, -0.15) is 0 Å². The molecule has 0 bridgehead atoms. The summed E-state index contributed by atoms with van der Waals surface area (Å²) < 4.78 is 0. The zero-order chi connectivity index (χ0) is 12.8. The predicted octanol–water partition coefficient (Wildman–Crippen LogP) is 3.89. The number of nitrogens with zero attached hydrogens (tertiary/aromatic N) is 1. The Bertz CT molecular complexity index is 365. The third kappa shape index (κ3) is 3.90. The lowest BCUT2D eigenvalue weighted by Gasteiger charge is -2.17. The molecule has 1 aliphatic carbocycles. The minimum absolute atomic E-state index is 0.597. The van der Waals surface area contributed by atoms with Crippen LogP contribution in [-0.2, 0) is 0 Å². The van der Waals surface area contributed by atoms with Gasteiger partial charge in [-0.15, -0.1) is 0 Å². The van der Waals surface area contributed by atoms with Gasteiger partial charge in [0.05, 0.1) is 0 Å². The molecule has 0 amide bonds. The summed E-state index contributed by atoms with van der Waals surface area (Å²) in [6, 6.07) is 6.74. The molecule has 2 rings (SSSR count). The number of pyridine rings is 1. The lowest BCUT2D eigenvalue weighted by Crippen LogP contribution is -2.19. The van der Waals surface area contributed by atoms with Gasteiger partial charge < -0.3 is 10.6 Å². The van der Waals surface area contributed by atoms with Gasteiger partial charge in [0, 0.05) is 12.6 Å². The van der Waals surface area contributed by atoms with E-state index >= 15 is 0 Å². The Balaban J connectivity index is 1.93. The van der Waals surface area contributed by atoms with Crippen LogP contribution in [-0.4, -0.2) is 17.6 Å². The van der Waals surface area contributed by atoms with Crippen molar-refractivity contribution in [3.8, 4) is 0 Å². The molecular formula is C15H25N3. The van der Waals surface area contributed by atoms with Crippen molar-refractivity contribution in [1.29, 1.82) is 0 Å². The predicted molar refractivity (Wildman–Crippen MR) is 78.1 cm³/mol. The number of rotatable bonds is 4. The lowest BCUT2D eigenvalue weighted by atomic mass is 10.0. The van der Waals surface area contributed by atoms with E-state index in [2.05, 4.69) is 41.6 Å². The molecule has 0 saturated heterocycles. The standard InChI is InChI=1S/C15H25N3/c1-3-16-14-8-5-9-15(18-14)17-13-7-4-6-12(2)10-11-13/h5,8-9,12-13H,3-4,6-7,10-11H2,1-2H3,(H2,16,17,18). The smallest absolute Gasteiger partial charge is 0.128 e. The topological polar surface area (TPSA) is 37.0 Å². The number of nitrogens with one attached hydrogen (secondary N) is 2. The molecule has 0 aromatic carbocycles. The van der Waals surface area contributed by atoms with Crippen LogP contribution in [0.5, 0.6) is 0 Å². The SMILES string of the molecule is CCNc1cccc(NC2CCCC(C)CC2)n1. The van der Waals surface area contributed by atoms with Crippen LogP contribution >= 0.6 is 0 Å². The second-order valence-electron chi connectivity index (χ2n) is 5.39. The summed E-state index contributed by atoms with van der Waals surface area (Å²) in [7, 11) is 0. The average molecular weight is 247 g/mol. The Labute approximate surface area is 110 Å². The fraction of sp³-hybridized carbons (Fsp3) is 0.667. The molecule has 1 aromatic heterocycles. The van der Waals surface area contributed by atoms with Gasteiger partial charge in [-0.05, 0) is 44.2 Å². The van der Waals surface area contributed by atoms with Crippen molar-refractivity contribution in [3.63, 3.8) is 0 Å². The second kappa shape index (κ2) is 6.62. The van der Waals surface area contributed by atoms with Gasteiger partial charge in [-0.3, -0.25) is 0 Å². The molecular weight excluding hydrogens is 222 g/mol. The number of anilines is 2. The summed E-state index contributed by atoms with van der Waals surface area (Å²) in [4.78, 5) is 4.58. The largest absolute Gasteiger partial charge is 0.370 e. The highest BCUT2D eigenvalue weighted by atomic mass is 15.1. The zero-order valence-corrected chi connectivity index (χ0v) is 11.6. The molecule has 100 valence electrons. The summed E-state index contributed by atoms with van der Waals surface area (Å²) in [5.74, 6) is 2.86. The zero-order valence-electron chi connectivity index (χ0n) is 11.6. The van der Waals surface area contributed by atoms with E-state index in [1.807, 2.05) is 6.07 Å². The van der Waals surface area contributed by atoms with Gasteiger partial charge in [-0.25, -0.2) is 4.98 Å². The molecule has 1 fully saturated rings. The van der Waals surface area contributed by atoms with Crippen molar-refractivity contribution in [2.45, 2.75) is 52.0 Å². The van der Waals surface area contributed by atoms with Crippen molar-refractivity contribution in [2.75, 3.05) is 17.2 Å². The Hall–Kier alpha value is -1.25. The average Bonchev–Trinajstić information content (AvgIpc) is 2.56. The summed E-state index contributed by atoms with van der Waals surface area (Å²) in [6.07, 6.45) is 6.60. The van der Waals surface area contributed by atoms with Crippen molar-refractivity contribution >= 4 is 11.6 Å². The summed E-state index contributed by atoms with van der Waals surface area (Å²) in [6.45, 7) is 5.37. The van der Waals surface area contributed by atoms with E-state index in [0.717, 1.165) is 24.1 Å². The van der Waals surface area contributed by atoms with Crippen molar-refractivity contribution in [1.82, 2.24) is 4.98 Å². The molecule has 1 saturated carbocycles. The van der Waals surface area contributed by atoms with Crippen molar-refractivity contribution < 1.29 is 0 Å². The minimum atomic E-state index is 0.597. The van der Waals surface area contributed by atoms with Gasteiger partial charge in [0.25, 0.3) is 0 Å². The van der Waals surface area contributed by atoms with Crippen LogP contribution in [0.1, 0.15) is 46.0 Å². The van der Waals surface area contributed by atoms with E-state index in [1.54, 1.807) is 0 Å². The van der Waals surface area contributed by atoms with Crippen LogP contribution < -0.4 is 10.6 Å². The fourth-order valence-corrected chi connectivity index (χ4v) is 2.64. The van der Waals surface area contributed by atoms with Gasteiger partial charge in [0.15, 0.2) is 0 Å². The second-order valence-corrected chi connectivity index (χ2v) is 5.39. The molecule has 0 radical (unpaired) electrons. The highest BCUT2D eigenvalue weighted by Crippen LogP contribution is 2.24. The van der Waals surface area contributed by atoms with Crippen LogP contribution in [0.3, 0.4) is 0 Å². The van der Waals surface area contributed by atoms with E-state index in [4.69, 9.17) is 0 Å². The maximum atomic E-state index is 4.58. The molecule has 1 aliphatic rings. The number of hydrogen-bond donors (Lipinski definition) is 2. The molecule has 2 atom stereocenters. The lowest BCUT2D eigenvalue weighted by molar-refractivity contribution is 0.502. The van der Waals surface area contributed by atoms with E-state index < -0.39 is 0 Å². The third-order valence-corrected chi connectivity index (χ3v) is 3.72. The van der Waals surface area contributed by atoms with Gasteiger partial charge >= 0.3 is 0 Å². The summed E-state index contributed by atoms with van der Waals surface area (Å²) in [5.41, 5.74) is 0. The molecule has 2 unspecified atom stereocenters. The maximum absolute atomic E-state index is 4.58. The van der Waals surface area contributed by atoms with Crippen LogP contribution in [0.4, 0.5) is 11.6 Å². The highest BCUT2D eigenvalue weighted by molar-refractivity contribution is 5.45. The first kappa shape index (κ1) is 13.2. The monoisotopic (exact) mass is 247 g/mol. The van der Waals surface area contributed by atoms with Gasteiger partial charge in [-0.1, -0.05) is 25.8 Å². The van der Waals surface area contributed by atoms with Crippen LogP contribution in [0, 0.1) is 5.92 Å². The number of hydrogen-bond acceptors (Lipinski definition) is 3. The van der Waals surface area contributed by atoms with E-state index in [9.17, 15) is 0 Å². The fourth-order valence-electron chi connectivity index (χ4n) is 2.64. The molecule has 1 heterocycles. The van der Waals surface area contributed by atoms with Gasteiger partial charge in [0.2, 0.25) is 0 Å². The molecule has 0 spiro atoms. The molecule has 18 heavy (non-hydrogen) atoms. The highest BCUT2D eigenvalue weighted by Gasteiger charge is 2.16. The van der Waals surface area contributed by atoms with E-state index in [0.29, 0.717) is 6.04 Å². The first-order valence-electron chi connectivity index (χ1n) is 7.25. The molecule has 2 N–H and O–H groups in total. The maximum Gasteiger partial charge on any atom is 0.128 e. The Morgan fingerprint density at radius 2 is 2.00 bits per heavy atom. The Kier molecular flexibility index (Phi) is 4.85. The molecule has 1 aromatic rings. The van der Waals surface area contributed by atoms with Crippen LogP contribution in [0.2, 0.25) is 0 Å². The minimum Gasteiger partial charge on any atom is -0.370 e. The van der Waals surface area contributed by atoms with Gasteiger partial charge in [0.1, 0.15) is 11.6 Å². The third-order valence-electron chi connectivity index (χ3n) is 3.72. The first-order valence-corrected chi connectivity index (χ1v) is 7.25. The van der Waals surface area contributed by atoms with Crippen molar-refractivity contribution in [2.24, 2.45) is 5.92 Å². The van der Waals surface area contributed by atoms with E-state index in [-0.39, 0.29) is 0 Å². The molecule has 3 heteroatoms. The summed E-state index contributed by atoms with van der Waals surface area (Å²) >= 11 is 0. The Morgan fingerprint density at radius 3 is 2.83 bits per heavy atom. The van der Waals surface area contributed by atoms with Crippen LogP contribution in [0.15, 0.2) is 18.2 Å². The molecule has 3 nitrogen and oxygen atoms in total. The van der Waals surface area contributed by atoms with Crippen molar-refractivity contribution in [3.05, 3.63) is 18.2 Å². The normalized spacial score (nSPS) is 24.3. The first-order chi connectivity index (χ1) is 8.78. The number of aromatic nitrogens is 1. The summed E-state index contributed by atoms with van der Waals surface area (Å²) in [5, 5.41) is 6.84.